The van der Waals surface area contributed by atoms with E-state index >= 15 is 0 Å². The van der Waals surface area contributed by atoms with Gasteiger partial charge in [0.25, 0.3) is 0 Å². The molecular formula is C9H18N2O2S. The number of rotatable bonds is 3. The lowest BCUT2D eigenvalue weighted by Gasteiger charge is -2.13. The minimum absolute atomic E-state index is 0.207. The Bertz CT molecular complexity index is 314. The monoisotopic (exact) mass is 218 g/mol. The molecule has 0 bridgehead atoms. The summed E-state index contributed by atoms with van der Waals surface area (Å²) < 4.78 is 23.5. The molecule has 4 nitrogen and oxygen atoms in total. The molecule has 1 saturated carbocycles. The summed E-state index contributed by atoms with van der Waals surface area (Å²) in [6, 6.07) is 0. The third-order valence-corrected chi connectivity index (χ3v) is 4.54. The second-order valence-corrected chi connectivity index (χ2v) is 6.01. The van der Waals surface area contributed by atoms with Crippen molar-refractivity contribution in [3.8, 4) is 0 Å². The lowest BCUT2D eigenvalue weighted by molar-refractivity contribution is 0.505. The van der Waals surface area contributed by atoms with Crippen LogP contribution in [-0.2, 0) is 9.84 Å². The molecule has 0 unspecified atom stereocenters. The van der Waals surface area contributed by atoms with Crippen molar-refractivity contribution >= 4 is 9.84 Å². The van der Waals surface area contributed by atoms with E-state index in [2.05, 4.69) is 0 Å². The molecule has 2 N–H and O–H groups in total. The zero-order chi connectivity index (χ0) is 10.8. The summed E-state index contributed by atoms with van der Waals surface area (Å²) in [7, 11) is 0.331. The van der Waals surface area contributed by atoms with E-state index in [0.29, 0.717) is 5.82 Å². The molecule has 0 spiro atoms. The van der Waals surface area contributed by atoms with Crippen LogP contribution in [0.3, 0.4) is 0 Å². The number of nitrogens with zero attached hydrogens (tertiary/aromatic N) is 1. The highest BCUT2D eigenvalue weighted by Crippen LogP contribution is 2.26. The molecular weight excluding hydrogens is 200 g/mol. The Morgan fingerprint density at radius 2 is 1.86 bits per heavy atom. The highest BCUT2D eigenvalue weighted by Gasteiger charge is 2.27. The third kappa shape index (κ3) is 2.64. The van der Waals surface area contributed by atoms with Crippen molar-refractivity contribution in [2.45, 2.75) is 30.9 Å². The van der Waals surface area contributed by atoms with Crippen LogP contribution >= 0.6 is 0 Å². The summed E-state index contributed by atoms with van der Waals surface area (Å²) in [5, 5.41) is 0.990. The minimum Gasteiger partial charge on any atom is -0.385 e. The van der Waals surface area contributed by atoms with Gasteiger partial charge in [-0.05, 0) is 12.8 Å². The Kier molecular flexibility index (Phi) is 3.42. The van der Waals surface area contributed by atoms with Gasteiger partial charge in [-0.2, -0.15) is 0 Å². The van der Waals surface area contributed by atoms with Crippen LogP contribution in [0.5, 0.6) is 0 Å². The quantitative estimate of drug-likeness (QED) is 0.756. The first-order chi connectivity index (χ1) is 6.43. The maximum absolute atomic E-state index is 11.8. The molecule has 0 amide bonds. The Labute approximate surface area is 85.7 Å². The van der Waals surface area contributed by atoms with Gasteiger partial charge in [-0.15, -0.1) is 0 Å². The molecule has 0 aromatic rings. The zero-order valence-corrected chi connectivity index (χ0v) is 9.55. The average Bonchev–Trinajstić information content (AvgIpc) is 2.54. The molecule has 1 rings (SSSR count). The second kappa shape index (κ2) is 4.21. The van der Waals surface area contributed by atoms with Crippen LogP contribution in [-0.4, -0.2) is 32.7 Å². The van der Waals surface area contributed by atoms with Crippen LogP contribution in [0.25, 0.3) is 0 Å². The molecule has 0 heterocycles. The smallest absolute Gasteiger partial charge is 0.177 e. The summed E-state index contributed by atoms with van der Waals surface area (Å²) in [6.07, 6.45) is 3.58. The molecule has 1 aliphatic carbocycles. The van der Waals surface area contributed by atoms with Gasteiger partial charge in [0.15, 0.2) is 9.84 Å². The molecule has 0 radical (unpaired) electrons. The normalized spacial score (nSPS) is 20.0. The Hall–Kier alpha value is -0.710. The highest BCUT2D eigenvalue weighted by molar-refractivity contribution is 7.94. The van der Waals surface area contributed by atoms with E-state index < -0.39 is 9.84 Å². The van der Waals surface area contributed by atoms with E-state index in [1.54, 1.807) is 19.0 Å². The van der Waals surface area contributed by atoms with Gasteiger partial charge in [0.1, 0.15) is 5.82 Å². The van der Waals surface area contributed by atoms with Gasteiger partial charge in [0, 0.05) is 14.1 Å². The van der Waals surface area contributed by atoms with Crippen LogP contribution in [0, 0.1) is 0 Å². The van der Waals surface area contributed by atoms with E-state index in [4.69, 9.17) is 5.73 Å². The molecule has 82 valence electrons. The fourth-order valence-electron chi connectivity index (χ4n) is 1.59. The first-order valence-electron chi connectivity index (χ1n) is 4.82. The predicted octanol–water partition coefficient (Wildman–Crippen LogP) is 0.663. The van der Waals surface area contributed by atoms with Crippen molar-refractivity contribution in [1.82, 2.24) is 4.90 Å². The van der Waals surface area contributed by atoms with Crippen molar-refractivity contribution in [3.05, 3.63) is 11.2 Å². The summed E-state index contributed by atoms with van der Waals surface area (Å²) in [5.74, 6) is 0.303. The fraction of sp³-hybridized carbons (Fsp3) is 0.778. The number of hydrogen-bond donors (Lipinski definition) is 1. The number of sulfone groups is 1. The first-order valence-corrected chi connectivity index (χ1v) is 6.43. The lowest BCUT2D eigenvalue weighted by Crippen LogP contribution is -2.23. The minimum atomic E-state index is -3.13. The predicted molar refractivity (Wildman–Crippen MR) is 57.1 cm³/mol. The largest absolute Gasteiger partial charge is 0.385 e. The second-order valence-electron chi connectivity index (χ2n) is 3.93. The van der Waals surface area contributed by atoms with Crippen molar-refractivity contribution in [2.24, 2.45) is 5.73 Å². The van der Waals surface area contributed by atoms with Gasteiger partial charge in [0.2, 0.25) is 0 Å². The SMILES string of the molecule is CN(C)/C(N)=C/S(=O)(=O)C1CCCC1. The van der Waals surface area contributed by atoms with Gasteiger partial charge < -0.3 is 10.6 Å². The van der Waals surface area contributed by atoms with E-state index in [1.807, 2.05) is 0 Å². The highest BCUT2D eigenvalue weighted by atomic mass is 32.2. The summed E-state index contributed by atoms with van der Waals surface area (Å²) in [4.78, 5) is 1.60. The van der Waals surface area contributed by atoms with Crippen LogP contribution in [0.4, 0.5) is 0 Å². The van der Waals surface area contributed by atoms with Crippen LogP contribution in [0.1, 0.15) is 25.7 Å². The van der Waals surface area contributed by atoms with Gasteiger partial charge in [-0.25, -0.2) is 8.42 Å². The first kappa shape index (κ1) is 11.4. The standard InChI is InChI=1S/C9H18N2O2S/c1-11(2)9(10)7-14(12,13)8-5-3-4-6-8/h7-8H,3-6,10H2,1-2H3/b9-7+. The Morgan fingerprint density at radius 3 is 2.29 bits per heavy atom. The van der Waals surface area contributed by atoms with Gasteiger partial charge in [-0.1, -0.05) is 12.8 Å². The molecule has 0 aromatic carbocycles. The lowest BCUT2D eigenvalue weighted by atomic mass is 10.4. The Balaban J connectivity index is 2.80. The molecule has 0 saturated heterocycles. The molecule has 1 fully saturated rings. The van der Waals surface area contributed by atoms with E-state index in [0.717, 1.165) is 25.7 Å². The molecule has 0 aromatic heterocycles. The van der Waals surface area contributed by atoms with Crippen molar-refractivity contribution in [3.63, 3.8) is 0 Å². The third-order valence-electron chi connectivity index (χ3n) is 2.57. The summed E-state index contributed by atoms with van der Waals surface area (Å²) in [5.41, 5.74) is 5.58. The van der Waals surface area contributed by atoms with Crippen LogP contribution in [0.2, 0.25) is 0 Å². The Morgan fingerprint density at radius 1 is 1.36 bits per heavy atom. The van der Waals surface area contributed by atoms with E-state index in [1.165, 1.54) is 5.41 Å². The van der Waals surface area contributed by atoms with Gasteiger partial charge in [-0.3, -0.25) is 0 Å². The summed E-state index contributed by atoms with van der Waals surface area (Å²) in [6.45, 7) is 0. The topological polar surface area (TPSA) is 63.4 Å². The molecule has 1 aliphatic rings. The number of hydrogen-bond acceptors (Lipinski definition) is 4. The maximum Gasteiger partial charge on any atom is 0.177 e. The van der Waals surface area contributed by atoms with Crippen molar-refractivity contribution in [2.75, 3.05) is 14.1 Å². The number of nitrogens with two attached hydrogens (primary N) is 1. The van der Waals surface area contributed by atoms with Crippen molar-refractivity contribution in [1.29, 1.82) is 0 Å². The van der Waals surface area contributed by atoms with Gasteiger partial charge >= 0.3 is 0 Å². The van der Waals surface area contributed by atoms with Crippen molar-refractivity contribution < 1.29 is 8.42 Å². The fourth-order valence-corrected chi connectivity index (χ4v) is 3.32. The molecule has 5 heteroatoms. The van der Waals surface area contributed by atoms with Crippen LogP contribution < -0.4 is 5.73 Å². The average molecular weight is 218 g/mol. The molecule has 0 atom stereocenters. The maximum atomic E-state index is 11.8. The molecule has 14 heavy (non-hydrogen) atoms. The summed E-state index contributed by atoms with van der Waals surface area (Å²) >= 11 is 0. The molecule has 0 aliphatic heterocycles. The van der Waals surface area contributed by atoms with Crippen LogP contribution in [0.15, 0.2) is 11.2 Å². The van der Waals surface area contributed by atoms with E-state index in [-0.39, 0.29) is 5.25 Å². The van der Waals surface area contributed by atoms with E-state index in [9.17, 15) is 8.42 Å². The zero-order valence-electron chi connectivity index (χ0n) is 8.73. The van der Waals surface area contributed by atoms with Gasteiger partial charge in [0.05, 0.1) is 10.7 Å².